The summed E-state index contributed by atoms with van der Waals surface area (Å²) in [6, 6.07) is 4.35. The fourth-order valence-electron chi connectivity index (χ4n) is 3.24. The molecule has 0 unspecified atom stereocenters. The monoisotopic (exact) mass is 408 g/mol. The van der Waals surface area contributed by atoms with E-state index in [2.05, 4.69) is 10.4 Å². The molecule has 1 aliphatic rings. The molecule has 0 aliphatic carbocycles. The predicted molar refractivity (Wildman–Crippen MR) is 104 cm³/mol. The predicted octanol–water partition coefficient (Wildman–Crippen LogP) is 3.17. The van der Waals surface area contributed by atoms with Gasteiger partial charge >= 0.3 is 0 Å². The van der Waals surface area contributed by atoms with Crippen molar-refractivity contribution in [2.24, 2.45) is 0 Å². The van der Waals surface area contributed by atoms with E-state index in [1.54, 1.807) is 19.9 Å². The highest BCUT2D eigenvalue weighted by molar-refractivity contribution is 7.89. The molecule has 9 heteroatoms. The summed E-state index contributed by atoms with van der Waals surface area (Å²) in [6.07, 6.45) is 4.92. The molecular formula is C19H25FN4O3S. The van der Waals surface area contributed by atoms with Crippen molar-refractivity contribution >= 4 is 21.6 Å². The maximum Gasteiger partial charge on any atom is 0.263 e. The van der Waals surface area contributed by atoms with E-state index in [9.17, 15) is 17.6 Å². The Labute approximate surface area is 164 Å². The van der Waals surface area contributed by atoms with E-state index in [0.29, 0.717) is 19.6 Å². The molecule has 7 nitrogen and oxygen atoms in total. The van der Waals surface area contributed by atoms with Gasteiger partial charge in [-0.15, -0.1) is 0 Å². The van der Waals surface area contributed by atoms with Gasteiger partial charge in [0.25, 0.3) is 15.9 Å². The highest BCUT2D eigenvalue weighted by Crippen LogP contribution is 2.24. The third-order valence-electron chi connectivity index (χ3n) is 4.82. The van der Waals surface area contributed by atoms with Crippen LogP contribution in [-0.4, -0.2) is 41.5 Å². The largest absolute Gasteiger partial charge is 0.319 e. The molecule has 1 amide bonds. The zero-order valence-corrected chi connectivity index (χ0v) is 16.9. The van der Waals surface area contributed by atoms with Crippen LogP contribution in [0.15, 0.2) is 29.4 Å². The van der Waals surface area contributed by atoms with E-state index in [-0.39, 0.29) is 16.3 Å². The third-order valence-corrected chi connectivity index (χ3v) is 6.65. The molecule has 1 N–H and O–H groups in total. The minimum atomic E-state index is -3.91. The molecule has 152 valence electrons. The van der Waals surface area contributed by atoms with Gasteiger partial charge < -0.3 is 5.32 Å². The van der Waals surface area contributed by atoms with Crippen LogP contribution in [0.1, 0.15) is 48.5 Å². The molecule has 1 aromatic heterocycles. The van der Waals surface area contributed by atoms with Crippen molar-refractivity contribution in [2.45, 2.75) is 51.1 Å². The average molecular weight is 408 g/mol. The number of carbonyl (C=O) groups excluding carboxylic acids is 1. The highest BCUT2D eigenvalue weighted by Gasteiger charge is 2.33. The smallest absolute Gasteiger partial charge is 0.263 e. The van der Waals surface area contributed by atoms with Crippen molar-refractivity contribution in [3.05, 3.63) is 41.3 Å². The number of aromatic nitrogens is 2. The number of hydrogen-bond donors (Lipinski definition) is 1. The van der Waals surface area contributed by atoms with E-state index < -0.39 is 21.7 Å². The first-order chi connectivity index (χ1) is 13.3. The molecule has 2 heterocycles. The Kier molecular flexibility index (Phi) is 6.14. The Morgan fingerprint density at radius 3 is 2.54 bits per heavy atom. The van der Waals surface area contributed by atoms with Crippen molar-refractivity contribution in [1.82, 2.24) is 14.1 Å². The van der Waals surface area contributed by atoms with Gasteiger partial charge in [0.2, 0.25) is 5.03 Å². The minimum Gasteiger partial charge on any atom is -0.319 e. The number of carbonyl (C=O) groups is 1. The van der Waals surface area contributed by atoms with Gasteiger partial charge in [0.1, 0.15) is 5.82 Å². The maximum absolute atomic E-state index is 14.0. The van der Waals surface area contributed by atoms with Gasteiger partial charge in [-0.2, -0.15) is 9.40 Å². The Balaban J connectivity index is 1.96. The molecule has 1 fully saturated rings. The Hall–Kier alpha value is -2.26. The summed E-state index contributed by atoms with van der Waals surface area (Å²) in [5.41, 5.74) is 0.706. The molecule has 28 heavy (non-hydrogen) atoms. The molecular weight excluding hydrogens is 383 g/mol. The highest BCUT2D eigenvalue weighted by atomic mass is 32.2. The minimum absolute atomic E-state index is 0.00682. The fourth-order valence-corrected chi connectivity index (χ4v) is 4.86. The first-order valence-electron chi connectivity index (χ1n) is 9.48. The number of rotatable bonds is 5. The maximum atomic E-state index is 14.0. The Morgan fingerprint density at radius 2 is 1.89 bits per heavy atom. The topological polar surface area (TPSA) is 84.3 Å². The van der Waals surface area contributed by atoms with Crippen LogP contribution in [0.25, 0.3) is 0 Å². The number of aryl methyl sites for hydroxylation is 2. The first-order valence-corrected chi connectivity index (χ1v) is 10.9. The van der Waals surface area contributed by atoms with Crippen LogP contribution in [0.5, 0.6) is 0 Å². The number of amides is 1. The molecule has 1 aromatic carbocycles. The summed E-state index contributed by atoms with van der Waals surface area (Å²) in [7, 11) is -3.91. The van der Waals surface area contributed by atoms with E-state index in [1.165, 1.54) is 27.3 Å². The van der Waals surface area contributed by atoms with E-state index in [4.69, 9.17) is 0 Å². The van der Waals surface area contributed by atoms with Crippen LogP contribution in [-0.2, 0) is 16.6 Å². The lowest BCUT2D eigenvalue weighted by Gasteiger charge is -2.19. The molecule has 1 aliphatic heterocycles. The molecule has 1 saturated heterocycles. The summed E-state index contributed by atoms with van der Waals surface area (Å²) in [6.45, 7) is 4.81. The molecule has 0 radical (unpaired) electrons. The number of hydrogen-bond acceptors (Lipinski definition) is 4. The van der Waals surface area contributed by atoms with Crippen LogP contribution in [0.4, 0.5) is 10.1 Å². The van der Waals surface area contributed by atoms with Gasteiger partial charge in [-0.25, -0.2) is 12.8 Å². The van der Waals surface area contributed by atoms with Gasteiger partial charge in [-0.1, -0.05) is 18.9 Å². The van der Waals surface area contributed by atoms with Crippen molar-refractivity contribution in [3.63, 3.8) is 0 Å². The van der Waals surface area contributed by atoms with Crippen molar-refractivity contribution in [2.75, 3.05) is 18.4 Å². The number of anilines is 1. The SMILES string of the molecule is CCn1cc(C(=O)Nc2cc(C)ccc2F)c(S(=O)(=O)N2CCCCCC2)n1. The van der Waals surface area contributed by atoms with Gasteiger partial charge in [0.15, 0.2) is 0 Å². The zero-order chi connectivity index (χ0) is 20.3. The number of benzene rings is 1. The van der Waals surface area contributed by atoms with Crippen LogP contribution in [0.2, 0.25) is 0 Å². The average Bonchev–Trinajstić information content (AvgIpc) is 2.92. The molecule has 0 spiro atoms. The van der Waals surface area contributed by atoms with Crippen LogP contribution >= 0.6 is 0 Å². The second kappa shape index (κ2) is 8.40. The van der Waals surface area contributed by atoms with Crippen LogP contribution < -0.4 is 5.32 Å². The first kappa shape index (κ1) is 20.5. The Bertz CT molecular complexity index is 964. The number of nitrogens with one attached hydrogen (secondary N) is 1. The summed E-state index contributed by atoms with van der Waals surface area (Å²) < 4.78 is 43.2. The quantitative estimate of drug-likeness (QED) is 0.824. The van der Waals surface area contributed by atoms with Gasteiger partial charge in [0.05, 0.1) is 11.3 Å². The normalized spacial score (nSPS) is 16.0. The molecule has 0 atom stereocenters. The lowest BCUT2D eigenvalue weighted by Crippen LogP contribution is -2.33. The number of nitrogens with zero attached hydrogens (tertiary/aromatic N) is 3. The van der Waals surface area contributed by atoms with Crippen molar-refractivity contribution in [3.8, 4) is 0 Å². The third kappa shape index (κ3) is 4.25. The van der Waals surface area contributed by atoms with Crippen LogP contribution in [0, 0.1) is 12.7 Å². The van der Waals surface area contributed by atoms with Crippen molar-refractivity contribution < 1.29 is 17.6 Å². The molecule has 0 bridgehead atoms. The summed E-state index contributed by atoms with van der Waals surface area (Å²) in [5.74, 6) is -1.28. The lowest BCUT2D eigenvalue weighted by atomic mass is 10.2. The van der Waals surface area contributed by atoms with Crippen molar-refractivity contribution in [1.29, 1.82) is 0 Å². The zero-order valence-electron chi connectivity index (χ0n) is 16.1. The molecule has 0 saturated carbocycles. The fraction of sp³-hybridized carbons (Fsp3) is 0.474. The van der Waals surface area contributed by atoms with E-state index in [0.717, 1.165) is 31.2 Å². The second-order valence-electron chi connectivity index (χ2n) is 6.96. The lowest BCUT2D eigenvalue weighted by molar-refractivity contribution is 0.102. The Morgan fingerprint density at radius 1 is 1.21 bits per heavy atom. The van der Waals surface area contributed by atoms with Gasteiger partial charge in [-0.05, 0) is 44.4 Å². The molecule has 3 rings (SSSR count). The van der Waals surface area contributed by atoms with Gasteiger partial charge in [-0.3, -0.25) is 9.48 Å². The number of sulfonamides is 1. The summed E-state index contributed by atoms with van der Waals surface area (Å²) >= 11 is 0. The summed E-state index contributed by atoms with van der Waals surface area (Å²) in [5, 5.41) is 6.35. The van der Waals surface area contributed by atoms with E-state index >= 15 is 0 Å². The van der Waals surface area contributed by atoms with Gasteiger partial charge in [0, 0.05) is 25.8 Å². The summed E-state index contributed by atoms with van der Waals surface area (Å²) in [4.78, 5) is 12.8. The standard InChI is InChI=1S/C19H25FN4O3S/c1-3-23-13-15(18(25)21-17-12-14(2)8-9-16(17)20)19(22-23)28(26,27)24-10-6-4-5-7-11-24/h8-9,12-13H,3-7,10-11H2,1-2H3,(H,21,25). The van der Waals surface area contributed by atoms with E-state index in [1.807, 2.05) is 0 Å². The number of halogens is 1. The van der Waals surface area contributed by atoms with Crippen LogP contribution in [0.3, 0.4) is 0 Å². The second-order valence-corrected chi connectivity index (χ2v) is 8.81. The molecule has 2 aromatic rings.